The van der Waals surface area contributed by atoms with E-state index in [4.69, 9.17) is 37.9 Å². The van der Waals surface area contributed by atoms with Crippen LogP contribution in [0, 0.1) is 0 Å². The summed E-state index contributed by atoms with van der Waals surface area (Å²) >= 11 is 0. The van der Waals surface area contributed by atoms with Gasteiger partial charge >= 0.3 is 0 Å². The van der Waals surface area contributed by atoms with Crippen molar-refractivity contribution >= 4 is 0 Å². The van der Waals surface area contributed by atoms with Crippen LogP contribution in [-0.2, 0) is 37.9 Å². The zero-order valence-corrected chi connectivity index (χ0v) is 27.1. The SMILES string of the molecule is CCCCOC1C(OCCCC)[C@H](OCCCC)CCO[C@@H]1O[C@@H]1CO[C@H](O)C(OCCCC)C(OCCCC)[C@@H]1O. The number of hydrogen-bond acceptors (Lipinski definition) is 10. The second-order valence-electron chi connectivity index (χ2n) is 11.4. The fourth-order valence-corrected chi connectivity index (χ4v) is 5.05. The van der Waals surface area contributed by atoms with Gasteiger partial charge in [0.2, 0.25) is 0 Å². The molecule has 2 rings (SSSR count). The third kappa shape index (κ3) is 12.9. The summed E-state index contributed by atoms with van der Waals surface area (Å²) in [5.41, 5.74) is 0. The van der Waals surface area contributed by atoms with Gasteiger partial charge in [0.25, 0.3) is 0 Å². The summed E-state index contributed by atoms with van der Waals surface area (Å²) in [4.78, 5) is 0. The van der Waals surface area contributed by atoms with E-state index in [2.05, 4.69) is 34.6 Å². The molecular formula is C32H62O10. The third-order valence-corrected chi connectivity index (χ3v) is 7.77. The third-order valence-electron chi connectivity index (χ3n) is 7.77. The molecule has 0 radical (unpaired) electrons. The zero-order chi connectivity index (χ0) is 30.6. The normalized spacial score (nSPS) is 32.5. The Balaban J connectivity index is 2.29. The highest BCUT2D eigenvalue weighted by Crippen LogP contribution is 2.29. The van der Waals surface area contributed by atoms with Crippen molar-refractivity contribution in [1.29, 1.82) is 0 Å². The number of hydrogen-bond donors (Lipinski definition) is 2. The van der Waals surface area contributed by atoms with Gasteiger partial charge in [0, 0.05) is 33.0 Å². The molecule has 0 aromatic heterocycles. The van der Waals surface area contributed by atoms with Gasteiger partial charge in [0.15, 0.2) is 12.6 Å². The Morgan fingerprint density at radius 3 is 1.57 bits per heavy atom. The summed E-state index contributed by atoms with van der Waals surface area (Å²) < 4.78 is 49.9. The van der Waals surface area contributed by atoms with Gasteiger partial charge in [-0.2, -0.15) is 0 Å². The first-order valence-electron chi connectivity index (χ1n) is 16.8. The number of rotatable bonds is 22. The molecule has 42 heavy (non-hydrogen) atoms. The van der Waals surface area contributed by atoms with Gasteiger partial charge in [-0.3, -0.25) is 0 Å². The lowest BCUT2D eigenvalue weighted by Crippen LogP contribution is -2.53. The molecule has 2 aliphatic rings. The lowest BCUT2D eigenvalue weighted by molar-refractivity contribution is -0.267. The average Bonchev–Trinajstić information content (AvgIpc) is 3.21. The quantitative estimate of drug-likeness (QED) is 0.167. The predicted molar refractivity (Wildman–Crippen MR) is 160 cm³/mol. The average molecular weight is 607 g/mol. The summed E-state index contributed by atoms with van der Waals surface area (Å²) in [5.74, 6) is 0. The summed E-state index contributed by atoms with van der Waals surface area (Å²) in [5, 5.41) is 22.5. The van der Waals surface area contributed by atoms with Gasteiger partial charge in [-0.1, -0.05) is 66.7 Å². The second kappa shape index (κ2) is 23.0. The van der Waals surface area contributed by atoms with Crippen LogP contribution < -0.4 is 0 Å². The molecule has 0 aliphatic carbocycles. The molecule has 0 spiro atoms. The van der Waals surface area contributed by atoms with E-state index in [1.807, 2.05) is 0 Å². The lowest BCUT2D eigenvalue weighted by Gasteiger charge is -2.37. The summed E-state index contributed by atoms with van der Waals surface area (Å²) in [6, 6.07) is 0. The summed E-state index contributed by atoms with van der Waals surface area (Å²) in [7, 11) is 0. The van der Waals surface area contributed by atoms with Crippen LogP contribution >= 0.6 is 0 Å². The molecule has 250 valence electrons. The first kappa shape index (κ1) is 37.8. The number of aliphatic hydroxyl groups is 2. The van der Waals surface area contributed by atoms with Gasteiger partial charge in [-0.05, 0) is 38.5 Å². The Hall–Kier alpha value is -0.400. The highest BCUT2D eigenvalue weighted by molar-refractivity contribution is 4.92. The highest BCUT2D eigenvalue weighted by atomic mass is 16.7. The second-order valence-corrected chi connectivity index (χ2v) is 11.4. The van der Waals surface area contributed by atoms with E-state index in [-0.39, 0.29) is 12.7 Å². The van der Waals surface area contributed by atoms with Crippen LogP contribution in [0.4, 0.5) is 0 Å². The Labute approximate surface area is 255 Å². The molecule has 0 saturated carbocycles. The zero-order valence-electron chi connectivity index (χ0n) is 27.1. The van der Waals surface area contributed by atoms with Crippen LogP contribution in [0.1, 0.15) is 105 Å². The van der Waals surface area contributed by atoms with Crippen molar-refractivity contribution in [3.05, 3.63) is 0 Å². The van der Waals surface area contributed by atoms with Gasteiger partial charge in [0.1, 0.15) is 36.6 Å². The first-order valence-corrected chi connectivity index (χ1v) is 16.8. The van der Waals surface area contributed by atoms with Crippen molar-refractivity contribution < 1.29 is 48.1 Å². The van der Waals surface area contributed by atoms with E-state index in [0.29, 0.717) is 46.1 Å². The number of ether oxygens (including phenoxy) is 8. The minimum absolute atomic E-state index is 0.0526. The molecule has 2 aliphatic heterocycles. The van der Waals surface area contributed by atoms with Gasteiger partial charge in [-0.15, -0.1) is 0 Å². The molecule has 4 unspecified atom stereocenters. The maximum atomic E-state index is 11.6. The maximum Gasteiger partial charge on any atom is 0.186 e. The standard InChI is InChI=1S/C32H62O10/c1-6-11-17-35-24-16-22-40-32(30(39-21-15-10-5)27(24)36-18-12-7-2)42-25-23-41-31(34)29(38-20-14-9-4)28(26(25)33)37-19-13-8-3/h24-34H,6-23H2,1-5H3/t24-,25-,26-,27?,28?,29?,30?,31+,32-/m1/s1. The van der Waals surface area contributed by atoms with Gasteiger partial charge < -0.3 is 48.1 Å². The van der Waals surface area contributed by atoms with Crippen molar-refractivity contribution in [2.75, 3.05) is 46.2 Å². The Kier molecular flexibility index (Phi) is 20.7. The van der Waals surface area contributed by atoms with Crippen LogP contribution in [0.3, 0.4) is 0 Å². The lowest BCUT2D eigenvalue weighted by atomic mass is 10.0. The van der Waals surface area contributed by atoms with Crippen LogP contribution in [0.15, 0.2) is 0 Å². The Morgan fingerprint density at radius 1 is 0.548 bits per heavy atom. The summed E-state index contributed by atoms with van der Waals surface area (Å²) in [6.07, 6.45) is 3.11. The van der Waals surface area contributed by atoms with Crippen LogP contribution in [-0.4, -0.2) is 112 Å². The molecule has 2 fully saturated rings. The van der Waals surface area contributed by atoms with E-state index >= 15 is 0 Å². The molecule has 0 aromatic carbocycles. The molecule has 9 atom stereocenters. The highest BCUT2D eigenvalue weighted by Gasteiger charge is 2.47. The van der Waals surface area contributed by atoms with Crippen LogP contribution in [0.2, 0.25) is 0 Å². The van der Waals surface area contributed by atoms with Crippen molar-refractivity contribution in [2.45, 2.75) is 161 Å². The van der Waals surface area contributed by atoms with Crippen molar-refractivity contribution in [1.82, 2.24) is 0 Å². The monoisotopic (exact) mass is 606 g/mol. The van der Waals surface area contributed by atoms with Crippen LogP contribution in [0.5, 0.6) is 0 Å². The maximum absolute atomic E-state index is 11.6. The van der Waals surface area contributed by atoms with Gasteiger partial charge in [0.05, 0.1) is 19.3 Å². The smallest absolute Gasteiger partial charge is 0.186 e. The molecular weight excluding hydrogens is 544 g/mol. The minimum Gasteiger partial charge on any atom is -0.387 e. The molecule has 0 aromatic rings. The van der Waals surface area contributed by atoms with E-state index in [1.165, 1.54) is 0 Å². The van der Waals surface area contributed by atoms with Crippen LogP contribution in [0.25, 0.3) is 0 Å². The predicted octanol–water partition coefficient (Wildman–Crippen LogP) is 4.75. The summed E-state index contributed by atoms with van der Waals surface area (Å²) in [6.45, 7) is 13.5. The Morgan fingerprint density at radius 2 is 1.02 bits per heavy atom. The molecule has 0 bridgehead atoms. The molecule has 2 heterocycles. The largest absolute Gasteiger partial charge is 0.387 e. The molecule has 10 heteroatoms. The Bertz CT molecular complexity index is 640. The fourth-order valence-electron chi connectivity index (χ4n) is 5.05. The van der Waals surface area contributed by atoms with E-state index in [1.54, 1.807) is 0 Å². The van der Waals surface area contributed by atoms with Crippen molar-refractivity contribution in [3.8, 4) is 0 Å². The van der Waals surface area contributed by atoms with E-state index < -0.39 is 49.2 Å². The first-order chi connectivity index (χ1) is 20.5. The topological polar surface area (TPSA) is 114 Å². The fraction of sp³-hybridized carbons (Fsp3) is 1.00. The van der Waals surface area contributed by atoms with Gasteiger partial charge in [-0.25, -0.2) is 0 Å². The van der Waals surface area contributed by atoms with E-state index in [9.17, 15) is 10.2 Å². The minimum atomic E-state index is -1.26. The molecule has 2 N–H and O–H groups in total. The number of aliphatic hydroxyl groups excluding tert-OH is 2. The molecule has 0 amide bonds. The van der Waals surface area contributed by atoms with Crippen molar-refractivity contribution in [3.63, 3.8) is 0 Å². The van der Waals surface area contributed by atoms with Crippen molar-refractivity contribution in [2.24, 2.45) is 0 Å². The molecule has 2 saturated heterocycles. The van der Waals surface area contributed by atoms with E-state index in [0.717, 1.165) is 64.2 Å². The number of unbranched alkanes of at least 4 members (excludes halogenated alkanes) is 5. The molecule has 10 nitrogen and oxygen atoms in total.